The molecule has 1 aliphatic carbocycles. The van der Waals surface area contributed by atoms with Crippen LogP contribution in [-0.4, -0.2) is 28.0 Å². The van der Waals surface area contributed by atoms with Gasteiger partial charge < -0.3 is 15.4 Å². The Bertz CT molecular complexity index is 572. The van der Waals surface area contributed by atoms with E-state index >= 15 is 0 Å². The van der Waals surface area contributed by atoms with Crippen LogP contribution < -0.4 is 5.32 Å². The molecule has 5 heteroatoms. The Morgan fingerprint density at radius 3 is 2.52 bits per heavy atom. The fourth-order valence-corrected chi connectivity index (χ4v) is 3.38. The molecule has 0 bridgehead atoms. The average Bonchev–Trinajstić information content (AvgIpc) is 2.63. The molecule has 3 N–H and O–H groups in total. The topological polar surface area (TPSA) is 82.2 Å². The van der Waals surface area contributed by atoms with Crippen molar-refractivity contribution in [1.82, 2.24) is 10.3 Å². The number of carbonyl (C=O) groups excluding carboxylic acids is 1. The quantitative estimate of drug-likeness (QED) is 0.801. The van der Waals surface area contributed by atoms with Crippen molar-refractivity contribution in [3.05, 3.63) is 22.5 Å². The van der Waals surface area contributed by atoms with Crippen LogP contribution in [0.15, 0.2) is 0 Å². The van der Waals surface area contributed by atoms with E-state index in [9.17, 15) is 9.59 Å². The zero-order valence-electron chi connectivity index (χ0n) is 13.2. The Hall–Kier alpha value is -1.78. The standard InChI is InChI=1S/C16H24N2O3/c1-9-12(10(2)17-13(9)15(20)21)14(19)18-11-6-5-7-16(3,4)8-11/h11,17H,5-8H2,1-4H3,(H,18,19)(H,20,21). The maximum absolute atomic E-state index is 12.5. The Kier molecular flexibility index (Phi) is 4.12. The van der Waals surface area contributed by atoms with Crippen molar-refractivity contribution in [3.8, 4) is 0 Å². The Morgan fingerprint density at radius 2 is 2.00 bits per heavy atom. The van der Waals surface area contributed by atoms with Gasteiger partial charge >= 0.3 is 5.97 Å². The number of amides is 1. The first-order valence-corrected chi connectivity index (χ1v) is 7.44. The lowest BCUT2D eigenvalue weighted by atomic mass is 9.75. The van der Waals surface area contributed by atoms with E-state index in [4.69, 9.17) is 5.11 Å². The third-order valence-electron chi connectivity index (χ3n) is 4.42. The van der Waals surface area contributed by atoms with Crippen LogP contribution in [0, 0.1) is 19.3 Å². The number of carboxylic acids is 1. The van der Waals surface area contributed by atoms with Gasteiger partial charge in [0.2, 0.25) is 0 Å². The van der Waals surface area contributed by atoms with Crippen LogP contribution in [-0.2, 0) is 0 Å². The Morgan fingerprint density at radius 1 is 1.33 bits per heavy atom. The zero-order chi connectivity index (χ0) is 15.8. The highest BCUT2D eigenvalue weighted by Gasteiger charge is 2.30. The first-order chi connectivity index (χ1) is 9.71. The molecule has 0 radical (unpaired) electrons. The molecule has 21 heavy (non-hydrogen) atoms. The van der Waals surface area contributed by atoms with Crippen molar-refractivity contribution >= 4 is 11.9 Å². The Balaban J connectivity index is 2.16. The second kappa shape index (κ2) is 5.54. The lowest BCUT2D eigenvalue weighted by molar-refractivity contribution is 0.0690. The van der Waals surface area contributed by atoms with Crippen LogP contribution in [0.4, 0.5) is 0 Å². The summed E-state index contributed by atoms with van der Waals surface area (Å²) in [5.41, 5.74) is 1.94. The third-order valence-corrected chi connectivity index (χ3v) is 4.42. The summed E-state index contributed by atoms with van der Waals surface area (Å²) in [6.07, 6.45) is 4.25. The molecule has 0 saturated heterocycles. The maximum atomic E-state index is 12.5. The summed E-state index contributed by atoms with van der Waals surface area (Å²) in [6, 6.07) is 0.170. The normalized spacial score (nSPS) is 21.0. The Labute approximate surface area is 125 Å². The molecule has 1 atom stereocenters. The van der Waals surface area contributed by atoms with Crippen LogP contribution in [0.3, 0.4) is 0 Å². The minimum atomic E-state index is -1.03. The number of aromatic nitrogens is 1. The van der Waals surface area contributed by atoms with E-state index in [1.54, 1.807) is 13.8 Å². The molecule has 1 aromatic heterocycles. The number of nitrogens with one attached hydrogen (secondary N) is 2. The molecule has 0 aliphatic heterocycles. The minimum absolute atomic E-state index is 0.0987. The van der Waals surface area contributed by atoms with E-state index in [2.05, 4.69) is 24.1 Å². The highest BCUT2D eigenvalue weighted by atomic mass is 16.4. The average molecular weight is 292 g/mol. The van der Waals surface area contributed by atoms with Crippen LogP contribution >= 0.6 is 0 Å². The van der Waals surface area contributed by atoms with Crippen LogP contribution in [0.25, 0.3) is 0 Å². The number of aromatic amines is 1. The molecule has 1 heterocycles. The summed E-state index contributed by atoms with van der Waals surface area (Å²) in [5.74, 6) is -1.20. The molecule has 1 fully saturated rings. The first kappa shape index (κ1) is 15.6. The number of H-pyrrole nitrogens is 1. The molecule has 0 aromatic carbocycles. The minimum Gasteiger partial charge on any atom is -0.477 e. The number of rotatable bonds is 3. The highest BCUT2D eigenvalue weighted by molar-refractivity contribution is 6.00. The number of hydrogen-bond donors (Lipinski definition) is 3. The van der Waals surface area contributed by atoms with E-state index in [1.165, 1.54) is 6.42 Å². The fourth-order valence-electron chi connectivity index (χ4n) is 3.38. The summed E-state index contributed by atoms with van der Waals surface area (Å²) in [5, 5.41) is 12.2. The van der Waals surface area contributed by atoms with Crippen molar-refractivity contribution in [3.63, 3.8) is 0 Å². The third kappa shape index (κ3) is 3.28. The van der Waals surface area contributed by atoms with Gasteiger partial charge in [-0.1, -0.05) is 20.3 Å². The number of aromatic carboxylic acids is 1. The largest absolute Gasteiger partial charge is 0.477 e. The van der Waals surface area contributed by atoms with Gasteiger partial charge in [0.15, 0.2) is 0 Å². The van der Waals surface area contributed by atoms with Crippen molar-refractivity contribution < 1.29 is 14.7 Å². The summed E-state index contributed by atoms with van der Waals surface area (Å²) in [6.45, 7) is 7.85. The molecule has 1 unspecified atom stereocenters. The van der Waals surface area contributed by atoms with Gasteiger partial charge in [-0.05, 0) is 44.1 Å². The summed E-state index contributed by atoms with van der Waals surface area (Å²) < 4.78 is 0. The second-order valence-corrected chi connectivity index (χ2v) is 6.86. The van der Waals surface area contributed by atoms with Crippen molar-refractivity contribution in [2.45, 2.75) is 59.4 Å². The van der Waals surface area contributed by atoms with Crippen LogP contribution in [0.1, 0.15) is 71.6 Å². The second-order valence-electron chi connectivity index (χ2n) is 6.86. The zero-order valence-corrected chi connectivity index (χ0v) is 13.2. The predicted octanol–water partition coefficient (Wildman–Crippen LogP) is 3.03. The van der Waals surface area contributed by atoms with Crippen molar-refractivity contribution in [2.24, 2.45) is 5.41 Å². The lowest BCUT2D eigenvalue weighted by Crippen LogP contribution is -2.41. The van der Waals surface area contributed by atoms with Gasteiger partial charge in [0.05, 0.1) is 5.56 Å². The predicted molar refractivity (Wildman–Crippen MR) is 80.7 cm³/mol. The molecule has 1 aromatic rings. The molecular weight excluding hydrogens is 268 g/mol. The molecule has 1 saturated carbocycles. The van der Waals surface area contributed by atoms with E-state index < -0.39 is 5.97 Å². The fraction of sp³-hybridized carbons (Fsp3) is 0.625. The number of carbonyl (C=O) groups is 2. The van der Waals surface area contributed by atoms with Gasteiger partial charge in [-0.25, -0.2) is 4.79 Å². The molecule has 5 nitrogen and oxygen atoms in total. The van der Waals surface area contributed by atoms with Gasteiger partial charge in [0.1, 0.15) is 5.69 Å². The van der Waals surface area contributed by atoms with Crippen LogP contribution in [0.5, 0.6) is 0 Å². The van der Waals surface area contributed by atoms with Crippen molar-refractivity contribution in [1.29, 1.82) is 0 Å². The summed E-state index contributed by atoms with van der Waals surface area (Å²) in [4.78, 5) is 26.4. The molecule has 116 valence electrons. The monoisotopic (exact) mass is 292 g/mol. The highest BCUT2D eigenvalue weighted by Crippen LogP contribution is 2.35. The lowest BCUT2D eigenvalue weighted by Gasteiger charge is -2.35. The summed E-state index contributed by atoms with van der Waals surface area (Å²) in [7, 11) is 0. The van der Waals surface area contributed by atoms with Gasteiger partial charge in [-0.3, -0.25) is 4.79 Å². The number of hydrogen-bond acceptors (Lipinski definition) is 2. The van der Waals surface area contributed by atoms with Gasteiger partial charge in [0.25, 0.3) is 5.91 Å². The van der Waals surface area contributed by atoms with E-state index in [-0.39, 0.29) is 23.1 Å². The van der Waals surface area contributed by atoms with Gasteiger partial charge in [-0.2, -0.15) is 0 Å². The first-order valence-electron chi connectivity index (χ1n) is 7.44. The number of aryl methyl sites for hydroxylation is 1. The SMILES string of the molecule is Cc1[nH]c(C(=O)O)c(C)c1C(=O)NC1CCCC(C)(C)C1. The summed E-state index contributed by atoms with van der Waals surface area (Å²) >= 11 is 0. The maximum Gasteiger partial charge on any atom is 0.352 e. The van der Waals surface area contributed by atoms with E-state index in [1.807, 2.05) is 0 Å². The smallest absolute Gasteiger partial charge is 0.352 e. The van der Waals surface area contributed by atoms with E-state index in [0.29, 0.717) is 16.8 Å². The van der Waals surface area contributed by atoms with Gasteiger partial charge in [-0.15, -0.1) is 0 Å². The molecule has 1 amide bonds. The molecule has 2 rings (SSSR count). The van der Waals surface area contributed by atoms with Gasteiger partial charge in [0, 0.05) is 11.7 Å². The number of carboxylic acid groups (broad SMARTS) is 1. The van der Waals surface area contributed by atoms with Crippen molar-refractivity contribution in [2.75, 3.05) is 0 Å². The van der Waals surface area contributed by atoms with Crippen LogP contribution in [0.2, 0.25) is 0 Å². The molecule has 0 spiro atoms. The van der Waals surface area contributed by atoms with E-state index in [0.717, 1.165) is 19.3 Å². The molecule has 1 aliphatic rings. The molecular formula is C16H24N2O3.